The third-order valence-corrected chi connectivity index (χ3v) is 4.28. The van der Waals surface area contributed by atoms with Crippen LogP contribution in [-0.4, -0.2) is 44.7 Å². The topological polar surface area (TPSA) is 86.7 Å². The number of rotatable bonds is 3. The van der Waals surface area contributed by atoms with Gasteiger partial charge in [-0.1, -0.05) is 0 Å². The summed E-state index contributed by atoms with van der Waals surface area (Å²) in [5.74, 6) is 0.549. The fourth-order valence-electron chi connectivity index (χ4n) is 2.79. The van der Waals surface area contributed by atoms with Crippen molar-refractivity contribution in [2.24, 2.45) is 19.2 Å². The van der Waals surface area contributed by atoms with E-state index in [1.54, 1.807) is 19.2 Å². The molecule has 0 fully saturated rings. The second-order valence-corrected chi connectivity index (χ2v) is 5.69. The molecule has 124 valence electrons. The maximum atomic E-state index is 12.6. The van der Waals surface area contributed by atoms with Crippen LogP contribution in [0.1, 0.15) is 19.9 Å². The van der Waals surface area contributed by atoms with E-state index in [2.05, 4.69) is 10.1 Å². The third kappa shape index (κ3) is 2.11. The van der Waals surface area contributed by atoms with Crippen LogP contribution in [0.15, 0.2) is 14.7 Å². The minimum atomic E-state index is -0.397. The van der Waals surface area contributed by atoms with Gasteiger partial charge in [-0.05, 0) is 13.8 Å². The van der Waals surface area contributed by atoms with E-state index < -0.39 is 5.69 Å². The Hall–Kier alpha value is -2.42. The van der Waals surface area contributed by atoms with Crippen molar-refractivity contribution in [3.8, 4) is 0 Å². The molecule has 0 amide bonds. The first kappa shape index (κ1) is 15.5. The van der Waals surface area contributed by atoms with Crippen molar-refractivity contribution >= 4 is 22.8 Å². The Kier molecular flexibility index (Phi) is 3.59. The number of anilines is 1. The molecule has 2 aromatic rings. The number of hydrogen-bond donors (Lipinski definition) is 0. The van der Waals surface area contributed by atoms with Crippen molar-refractivity contribution in [2.45, 2.75) is 19.9 Å². The molecule has 1 atom stereocenters. The van der Waals surface area contributed by atoms with E-state index in [0.717, 1.165) is 10.3 Å². The lowest BCUT2D eigenvalue weighted by Crippen LogP contribution is -2.38. The number of hydrogen-bond acceptors (Lipinski definition) is 6. The first-order valence-corrected chi connectivity index (χ1v) is 7.38. The van der Waals surface area contributed by atoms with Crippen LogP contribution in [0, 0.1) is 0 Å². The van der Waals surface area contributed by atoms with E-state index in [1.165, 1.54) is 11.6 Å². The highest BCUT2D eigenvalue weighted by molar-refractivity contribution is 5.90. The van der Waals surface area contributed by atoms with Crippen LogP contribution in [-0.2, 0) is 18.8 Å². The van der Waals surface area contributed by atoms with E-state index in [4.69, 9.17) is 4.74 Å². The van der Waals surface area contributed by atoms with Crippen LogP contribution in [0.3, 0.4) is 0 Å². The Labute approximate surface area is 132 Å². The summed E-state index contributed by atoms with van der Waals surface area (Å²) >= 11 is 0. The Balaban J connectivity index is 2.36. The van der Waals surface area contributed by atoms with Crippen LogP contribution < -0.4 is 16.3 Å². The van der Waals surface area contributed by atoms with Gasteiger partial charge in [0.2, 0.25) is 5.95 Å². The smallest absolute Gasteiger partial charge is 0.332 e. The molecule has 0 N–H and O–H groups in total. The van der Waals surface area contributed by atoms with Crippen LogP contribution >= 0.6 is 0 Å². The highest BCUT2D eigenvalue weighted by Crippen LogP contribution is 2.29. The van der Waals surface area contributed by atoms with Gasteiger partial charge < -0.3 is 4.74 Å². The highest BCUT2D eigenvalue weighted by Gasteiger charge is 2.29. The van der Waals surface area contributed by atoms with E-state index in [9.17, 15) is 9.59 Å². The molecule has 0 radical (unpaired) electrons. The lowest BCUT2D eigenvalue weighted by atomic mass is 10.2. The molecule has 0 saturated carbocycles. The van der Waals surface area contributed by atoms with E-state index in [1.807, 2.05) is 18.4 Å². The minimum Gasteiger partial charge on any atom is -0.383 e. The van der Waals surface area contributed by atoms with Crippen molar-refractivity contribution in [2.75, 3.05) is 25.3 Å². The van der Waals surface area contributed by atoms with E-state index >= 15 is 0 Å². The van der Waals surface area contributed by atoms with E-state index in [0.29, 0.717) is 30.3 Å². The average molecular weight is 320 g/mol. The van der Waals surface area contributed by atoms with Gasteiger partial charge in [-0.2, -0.15) is 10.1 Å². The number of aromatic nitrogens is 4. The lowest BCUT2D eigenvalue weighted by Gasteiger charge is -2.28. The zero-order valence-corrected chi connectivity index (χ0v) is 13.9. The standard InChI is InChI=1S/C14H20N6O3/c1-8-9(2)20-10-11(17(3)14(22)18(4)12(10)21)15-13(20)19(16-8)6-7-23-5/h9H,6-7H2,1-5H3. The first-order chi connectivity index (χ1) is 10.9. The highest BCUT2D eigenvalue weighted by atomic mass is 16.5. The third-order valence-electron chi connectivity index (χ3n) is 4.28. The molecule has 0 aromatic carbocycles. The molecule has 9 heteroatoms. The number of nitrogens with zero attached hydrogens (tertiary/aromatic N) is 6. The van der Waals surface area contributed by atoms with Gasteiger partial charge in [0.15, 0.2) is 11.2 Å². The monoisotopic (exact) mass is 320 g/mol. The van der Waals surface area contributed by atoms with Gasteiger partial charge in [0.05, 0.1) is 24.9 Å². The van der Waals surface area contributed by atoms with Crippen molar-refractivity contribution < 1.29 is 4.74 Å². The van der Waals surface area contributed by atoms with Gasteiger partial charge in [0.25, 0.3) is 5.56 Å². The molecule has 1 aliphatic rings. The second-order valence-electron chi connectivity index (χ2n) is 5.69. The maximum Gasteiger partial charge on any atom is 0.332 e. The average Bonchev–Trinajstić information content (AvgIpc) is 2.94. The van der Waals surface area contributed by atoms with Crippen LogP contribution in [0.2, 0.25) is 0 Å². The summed E-state index contributed by atoms with van der Waals surface area (Å²) in [6.45, 7) is 4.86. The van der Waals surface area contributed by atoms with Crippen molar-refractivity contribution in [3.63, 3.8) is 0 Å². The lowest BCUT2D eigenvalue weighted by molar-refractivity contribution is 0.204. The number of fused-ring (bicyclic) bond motifs is 3. The largest absolute Gasteiger partial charge is 0.383 e. The summed E-state index contributed by atoms with van der Waals surface area (Å²) in [6.07, 6.45) is 0. The summed E-state index contributed by atoms with van der Waals surface area (Å²) in [6, 6.07) is -0.112. The molecule has 2 aromatic heterocycles. The van der Waals surface area contributed by atoms with Gasteiger partial charge in [-0.3, -0.25) is 18.5 Å². The SMILES string of the molecule is COCCN1N=C(C)C(C)n2c1nc1c2c(=O)n(C)c(=O)n1C. The summed E-state index contributed by atoms with van der Waals surface area (Å²) in [4.78, 5) is 29.3. The number of methoxy groups -OCH3 is 1. The molecule has 0 bridgehead atoms. The summed E-state index contributed by atoms with van der Waals surface area (Å²) in [7, 11) is 4.70. The quantitative estimate of drug-likeness (QED) is 0.784. The first-order valence-electron chi connectivity index (χ1n) is 7.38. The van der Waals surface area contributed by atoms with Crippen LogP contribution in [0.25, 0.3) is 11.2 Å². The molecule has 0 saturated heterocycles. The van der Waals surface area contributed by atoms with Gasteiger partial charge in [0.1, 0.15) is 0 Å². The molecule has 1 aliphatic heterocycles. The Bertz CT molecular complexity index is 919. The fraction of sp³-hybridized carbons (Fsp3) is 0.571. The molecule has 23 heavy (non-hydrogen) atoms. The molecule has 1 unspecified atom stereocenters. The minimum absolute atomic E-state index is 0.112. The molecular weight excluding hydrogens is 300 g/mol. The van der Waals surface area contributed by atoms with Crippen molar-refractivity contribution in [1.82, 2.24) is 18.7 Å². The van der Waals surface area contributed by atoms with Crippen molar-refractivity contribution in [3.05, 3.63) is 20.8 Å². The molecule has 9 nitrogen and oxygen atoms in total. The normalized spacial score (nSPS) is 17.5. The fourth-order valence-corrected chi connectivity index (χ4v) is 2.79. The molecule has 0 spiro atoms. The maximum absolute atomic E-state index is 12.6. The molecule has 0 aliphatic carbocycles. The molecular formula is C14H20N6O3. The Morgan fingerprint density at radius 2 is 1.91 bits per heavy atom. The Morgan fingerprint density at radius 3 is 2.57 bits per heavy atom. The van der Waals surface area contributed by atoms with Gasteiger partial charge in [-0.25, -0.2) is 9.80 Å². The van der Waals surface area contributed by atoms with Crippen LogP contribution in [0.5, 0.6) is 0 Å². The van der Waals surface area contributed by atoms with E-state index in [-0.39, 0.29) is 11.6 Å². The predicted octanol–water partition coefficient (Wildman–Crippen LogP) is -0.163. The summed E-state index contributed by atoms with van der Waals surface area (Å²) < 4.78 is 9.44. The summed E-state index contributed by atoms with van der Waals surface area (Å²) in [5, 5.41) is 6.24. The zero-order valence-electron chi connectivity index (χ0n) is 13.9. The predicted molar refractivity (Wildman–Crippen MR) is 87.3 cm³/mol. The van der Waals surface area contributed by atoms with Crippen LogP contribution in [0.4, 0.5) is 5.95 Å². The second kappa shape index (κ2) is 5.34. The number of ether oxygens (including phenoxy) is 1. The van der Waals surface area contributed by atoms with Gasteiger partial charge >= 0.3 is 5.69 Å². The molecule has 3 rings (SSSR count). The van der Waals surface area contributed by atoms with Crippen molar-refractivity contribution in [1.29, 1.82) is 0 Å². The molecule has 3 heterocycles. The number of aryl methyl sites for hydroxylation is 1. The zero-order chi connectivity index (χ0) is 16.9. The Morgan fingerprint density at radius 1 is 1.22 bits per heavy atom. The summed E-state index contributed by atoms with van der Waals surface area (Å²) in [5.41, 5.74) is 0.895. The number of imidazole rings is 1. The number of hydrazone groups is 1. The van der Waals surface area contributed by atoms with Gasteiger partial charge in [0, 0.05) is 21.2 Å². The van der Waals surface area contributed by atoms with Gasteiger partial charge in [-0.15, -0.1) is 0 Å².